The molecule has 0 heterocycles. The van der Waals surface area contributed by atoms with E-state index in [2.05, 4.69) is 27.7 Å². The van der Waals surface area contributed by atoms with Gasteiger partial charge in [0.15, 0.2) is 0 Å². The third-order valence-corrected chi connectivity index (χ3v) is 11.2. The van der Waals surface area contributed by atoms with Crippen molar-refractivity contribution in [3.05, 3.63) is 0 Å². The van der Waals surface area contributed by atoms with Crippen molar-refractivity contribution >= 4 is 33.5 Å². The second kappa shape index (κ2) is 51.0. The highest BCUT2D eigenvalue weighted by molar-refractivity contribution is 8.76. The van der Waals surface area contributed by atoms with Gasteiger partial charge in [-0.2, -0.15) is 0 Å². The number of rotatable bonds is 37. The third kappa shape index (κ3) is 60.9. The summed E-state index contributed by atoms with van der Waals surface area (Å²) in [6.07, 6.45) is 47.1. The molecular weight excluding hydrogens is 633 g/mol. The Morgan fingerprint density at radius 2 is 0.458 bits per heavy atom. The monoisotopic (exact) mass is 719 g/mol. The lowest BCUT2D eigenvalue weighted by Crippen LogP contribution is -1.96. The fourth-order valence-electron chi connectivity index (χ4n) is 5.62. The molecule has 0 aliphatic heterocycles. The zero-order chi connectivity index (χ0) is 36.0. The molecule has 0 fully saturated rings. The number of carboxylic acid groups (broad SMARTS) is 2. The predicted octanol–water partition coefficient (Wildman–Crippen LogP) is 15.9. The van der Waals surface area contributed by atoms with Gasteiger partial charge in [-0.25, -0.2) is 0 Å². The van der Waals surface area contributed by atoms with Crippen molar-refractivity contribution < 1.29 is 19.8 Å². The lowest BCUT2D eigenvalue weighted by Gasteiger charge is -2.03. The van der Waals surface area contributed by atoms with Gasteiger partial charge >= 0.3 is 11.9 Å². The fraction of sp³-hybridized carbons (Fsp3) is 0.952. The second-order valence-electron chi connectivity index (χ2n) is 13.8. The molecule has 0 saturated carbocycles. The van der Waals surface area contributed by atoms with E-state index < -0.39 is 11.9 Å². The number of unbranched alkanes of at least 4 members (excludes halogenated alkanes) is 30. The molecule has 0 aromatic heterocycles. The highest BCUT2D eigenvalue weighted by Crippen LogP contribution is 2.22. The Hall–Kier alpha value is -0.360. The third-order valence-electron chi connectivity index (χ3n) is 8.80. The summed E-state index contributed by atoms with van der Waals surface area (Å²) in [5, 5.41) is 16.5. The molecule has 0 bridgehead atoms. The molecule has 0 saturated heterocycles. The van der Waals surface area contributed by atoms with Crippen molar-refractivity contribution in [1.29, 1.82) is 0 Å². The lowest BCUT2D eigenvalue weighted by molar-refractivity contribution is -0.137. The van der Waals surface area contributed by atoms with Crippen LogP contribution in [0.2, 0.25) is 0 Å². The minimum absolute atomic E-state index is 0.130. The summed E-state index contributed by atoms with van der Waals surface area (Å²) >= 11 is 0. The van der Waals surface area contributed by atoms with E-state index in [1.165, 1.54) is 227 Å². The number of carboxylic acids is 2. The van der Waals surface area contributed by atoms with Crippen LogP contribution >= 0.6 is 21.6 Å². The minimum Gasteiger partial charge on any atom is -0.481 e. The highest BCUT2D eigenvalue weighted by atomic mass is 33.1. The van der Waals surface area contributed by atoms with E-state index >= 15 is 0 Å². The van der Waals surface area contributed by atoms with Gasteiger partial charge in [-0.05, 0) is 0 Å². The molecule has 0 rings (SSSR count). The van der Waals surface area contributed by atoms with Gasteiger partial charge in [0.1, 0.15) is 0 Å². The highest BCUT2D eigenvalue weighted by Gasteiger charge is 1.99. The van der Waals surface area contributed by atoms with E-state index in [4.69, 9.17) is 10.2 Å². The van der Waals surface area contributed by atoms with Crippen molar-refractivity contribution in [1.82, 2.24) is 0 Å². The van der Waals surface area contributed by atoms with Gasteiger partial charge in [0, 0.05) is 11.5 Å². The van der Waals surface area contributed by atoms with Crippen molar-refractivity contribution in [3.8, 4) is 0 Å². The molecule has 0 radical (unpaired) electrons. The molecule has 290 valence electrons. The zero-order valence-corrected chi connectivity index (χ0v) is 34.6. The summed E-state index contributed by atoms with van der Waals surface area (Å²) in [4.78, 5) is 20.0. The molecule has 4 nitrogen and oxygen atoms in total. The maximum Gasteiger partial charge on any atom is 0.304 e. The predicted molar refractivity (Wildman–Crippen MR) is 220 cm³/mol. The molecule has 0 unspecified atom stereocenters. The van der Waals surface area contributed by atoms with E-state index in [0.29, 0.717) is 11.5 Å². The van der Waals surface area contributed by atoms with E-state index in [-0.39, 0.29) is 12.8 Å². The number of carbonyl (C=O) groups is 2. The Morgan fingerprint density at radius 3 is 0.583 bits per heavy atom. The van der Waals surface area contributed by atoms with E-state index in [0.717, 1.165) is 0 Å². The van der Waals surface area contributed by atoms with Crippen LogP contribution in [-0.2, 0) is 9.59 Å². The van der Waals surface area contributed by atoms with Crippen LogP contribution < -0.4 is 0 Å². The quantitative estimate of drug-likeness (QED) is 0.0492. The smallest absolute Gasteiger partial charge is 0.304 e. The van der Waals surface area contributed by atoms with Crippen LogP contribution in [0.15, 0.2) is 0 Å². The fourth-order valence-corrected chi connectivity index (χ4v) is 7.58. The largest absolute Gasteiger partial charge is 0.481 e. The van der Waals surface area contributed by atoms with E-state index in [1.54, 1.807) is 0 Å². The van der Waals surface area contributed by atoms with Crippen LogP contribution in [0.3, 0.4) is 0 Å². The van der Waals surface area contributed by atoms with Gasteiger partial charge in [-0.15, -0.1) is 0 Å². The summed E-state index contributed by atoms with van der Waals surface area (Å²) in [5.74, 6) is -0.582. The molecule has 6 heteroatoms. The molecule has 2 N–H and O–H groups in total. The maximum atomic E-state index is 10.0. The maximum absolute atomic E-state index is 10.0. The molecule has 0 aromatic rings. The van der Waals surface area contributed by atoms with Gasteiger partial charge in [0.2, 0.25) is 0 Å². The van der Waals surface area contributed by atoms with Crippen molar-refractivity contribution in [2.45, 2.75) is 246 Å². The Labute approximate surface area is 309 Å². The topological polar surface area (TPSA) is 74.6 Å². The zero-order valence-electron chi connectivity index (χ0n) is 33.0. The number of hydrogen-bond donors (Lipinski definition) is 2. The van der Waals surface area contributed by atoms with Gasteiger partial charge < -0.3 is 10.2 Å². The molecule has 0 aliphatic rings. The molecule has 0 spiro atoms. The standard InChI is InChI=1S/2C18H38.C6H10O4S2/c2*1-3-5-7-9-11-13-15-17-18-16-14-12-10-8-6-4-2;7-5(8)1-3-11-12-4-2-6(9)10/h2*3-18H2,1-2H3;1-4H2,(H,7,8)(H,9,10). The van der Waals surface area contributed by atoms with Crippen LogP contribution in [0.25, 0.3) is 0 Å². The number of hydrogen-bond acceptors (Lipinski definition) is 4. The summed E-state index contributed by atoms with van der Waals surface area (Å²) in [7, 11) is 2.79. The molecular formula is C42H86O4S2. The Morgan fingerprint density at radius 1 is 0.312 bits per heavy atom. The Kier molecular flexibility index (Phi) is 55.3. The first-order valence-electron chi connectivity index (χ1n) is 21.1. The molecule has 0 aliphatic carbocycles. The molecule has 48 heavy (non-hydrogen) atoms. The minimum atomic E-state index is -0.818. The Bertz CT molecular complexity index is 506. The average molecular weight is 719 g/mol. The van der Waals surface area contributed by atoms with Crippen molar-refractivity contribution in [2.75, 3.05) is 11.5 Å². The van der Waals surface area contributed by atoms with Gasteiger partial charge in [0.25, 0.3) is 0 Å². The average Bonchev–Trinajstić information content (AvgIpc) is 3.07. The van der Waals surface area contributed by atoms with E-state index in [9.17, 15) is 9.59 Å². The summed E-state index contributed by atoms with van der Waals surface area (Å²) in [5.41, 5.74) is 0. The molecule has 0 amide bonds. The first-order chi connectivity index (χ1) is 23.5. The Balaban J connectivity index is -0.000000647. The summed E-state index contributed by atoms with van der Waals surface area (Å²) < 4.78 is 0. The SMILES string of the molecule is CCCCCCCCCCCCCCCCCC.CCCCCCCCCCCCCCCCCC.O=C(O)CCSSCCC(=O)O. The first kappa shape index (κ1) is 52.0. The molecule has 0 aromatic carbocycles. The van der Waals surface area contributed by atoms with Crippen LogP contribution in [-0.4, -0.2) is 33.7 Å². The van der Waals surface area contributed by atoms with Crippen LogP contribution in [0, 0.1) is 0 Å². The van der Waals surface area contributed by atoms with Gasteiger partial charge in [-0.3, -0.25) is 9.59 Å². The van der Waals surface area contributed by atoms with Crippen LogP contribution in [0.1, 0.15) is 246 Å². The first-order valence-corrected chi connectivity index (χ1v) is 23.6. The normalized spacial score (nSPS) is 10.7. The molecule has 0 atom stereocenters. The van der Waals surface area contributed by atoms with Crippen LogP contribution in [0.4, 0.5) is 0 Å². The van der Waals surface area contributed by atoms with Crippen LogP contribution in [0.5, 0.6) is 0 Å². The summed E-state index contributed by atoms with van der Waals surface area (Å²) in [6, 6.07) is 0. The lowest BCUT2D eigenvalue weighted by atomic mass is 10.0. The van der Waals surface area contributed by atoms with Gasteiger partial charge in [0.05, 0.1) is 12.8 Å². The van der Waals surface area contributed by atoms with Gasteiger partial charge in [-0.1, -0.05) is 255 Å². The van der Waals surface area contributed by atoms with E-state index in [1.807, 2.05) is 0 Å². The van der Waals surface area contributed by atoms with Crippen molar-refractivity contribution in [2.24, 2.45) is 0 Å². The number of aliphatic carboxylic acids is 2. The second-order valence-corrected chi connectivity index (χ2v) is 16.5. The van der Waals surface area contributed by atoms with Crippen molar-refractivity contribution in [3.63, 3.8) is 0 Å². The summed E-state index contributed by atoms with van der Waals surface area (Å²) in [6.45, 7) is 9.18.